The number of benzene rings is 2. The van der Waals surface area contributed by atoms with Gasteiger partial charge < -0.3 is 14.8 Å². The van der Waals surface area contributed by atoms with Crippen LogP contribution < -0.4 is 14.8 Å². The van der Waals surface area contributed by atoms with Gasteiger partial charge in [-0.15, -0.1) is 0 Å². The zero-order valence-corrected chi connectivity index (χ0v) is 16.6. The van der Waals surface area contributed by atoms with E-state index in [1.807, 2.05) is 44.2 Å². The predicted octanol–water partition coefficient (Wildman–Crippen LogP) is 5.52. The monoisotopic (exact) mass is 405 g/mol. The molecule has 0 heterocycles. The number of nitrogens with one attached hydrogen (secondary N) is 1. The Bertz CT molecular complexity index is 711. The van der Waals surface area contributed by atoms with Gasteiger partial charge >= 0.3 is 0 Å². The lowest BCUT2D eigenvalue weighted by Gasteiger charge is -2.15. The molecule has 0 spiro atoms. The highest BCUT2D eigenvalue weighted by atomic mass is 79.9. The van der Waals surface area contributed by atoms with Crippen molar-refractivity contribution in [1.82, 2.24) is 0 Å². The lowest BCUT2D eigenvalue weighted by molar-refractivity contribution is 0.102. The first kappa shape index (κ1) is 19.3. The van der Waals surface area contributed by atoms with Crippen LogP contribution in [0.15, 0.2) is 46.9 Å². The Kier molecular flexibility index (Phi) is 6.88. The number of carbonyl (C=O) groups excluding carboxylic acids is 1. The van der Waals surface area contributed by atoms with Gasteiger partial charge in [-0.3, -0.25) is 4.79 Å². The lowest BCUT2D eigenvalue weighted by Crippen LogP contribution is -2.15. The lowest BCUT2D eigenvalue weighted by atomic mass is 10.1. The van der Waals surface area contributed by atoms with Crippen molar-refractivity contribution in [3.63, 3.8) is 0 Å². The molecule has 0 aromatic heterocycles. The molecule has 2 rings (SSSR count). The first-order valence-corrected chi connectivity index (χ1v) is 9.15. The van der Waals surface area contributed by atoms with E-state index in [1.54, 1.807) is 12.1 Å². The summed E-state index contributed by atoms with van der Waals surface area (Å²) in [6.45, 7) is 8.73. The third kappa shape index (κ3) is 6.09. The van der Waals surface area contributed by atoms with Gasteiger partial charge in [-0.05, 0) is 62.2 Å². The molecule has 134 valence electrons. The molecular weight excluding hydrogens is 382 g/mol. The van der Waals surface area contributed by atoms with Crippen LogP contribution in [0.4, 0.5) is 5.69 Å². The van der Waals surface area contributed by atoms with E-state index < -0.39 is 0 Å². The van der Waals surface area contributed by atoms with Gasteiger partial charge in [0.15, 0.2) is 0 Å². The van der Waals surface area contributed by atoms with Crippen molar-refractivity contribution >= 4 is 27.5 Å². The largest absolute Gasteiger partial charge is 0.493 e. The number of anilines is 1. The average Bonchev–Trinajstić information content (AvgIpc) is 2.55. The van der Waals surface area contributed by atoms with Crippen molar-refractivity contribution < 1.29 is 14.3 Å². The van der Waals surface area contributed by atoms with Crippen LogP contribution in [0.1, 0.15) is 38.1 Å². The molecule has 0 radical (unpaired) electrons. The molecule has 1 N–H and O–H groups in total. The van der Waals surface area contributed by atoms with E-state index in [2.05, 4.69) is 35.1 Å². The Labute approximate surface area is 157 Å². The SMILES string of the molecule is CC(C)COc1ccc(NC(=O)c2cc(Br)ccc2OC(C)C)cc1. The molecular formula is C20H24BrNO3. The van der Waals surface area contributed by atoms with E-state index in [-0.39, 0.29) is 12.0 Å². The van der Waals surface area contributed by atoms with Crippen LogP contribution in [0, 0.1) is 5.92 Å². The Hall–Kier alpha value is -2.01. The summed E-state index contributed by atoms with van der Waals surface area (Å²) < 4.78 is 12.2. The van der Waals surface area contributed by atoms with Crippen LogP contribution in [-0.4, -0.2) is 18.6 Å². The third-order valence-corrected chi connectivity index (χ3v) is 3.74. The van der Waals surface area contributed by atoms with Crippen molar-refractivity contribution in [2.75, 3.05) is 11.9 Å². The first-order valence-electron chi connectivity index (χ1n) is 8.35. The smallest absolute Gasteiger partial charge is 0.259 e. The molecule has 0 fully saturated rings. The van der Waals surface area contributed by atoms with E-state index in [4.69, 9.17) is 9.47 Å². The van der Waals surface area contributed by atoms with Gasteiger partial charge in [0.1, 0.15) is 11.5 Å². The summed E-state index contributed by atoms with van der Waals surface area (Å²) in [6, 6.07) is 12.8. The molecule has 0 aliphatic carbocycles. The summed E-state index contributed by atoms with van der Waals surface area (Å²) in [6.07, 6.45) is -0.00915. The average molecular weight is 406 g/mol. The first-order chi connectivity index (χ1) is 11.8. The van der Waals surface area contributed by atoms with Crippen molar-refractivity contribution in [2.24, 2.45) is 5.92 Å². The summed E-state index contributed by atoms with van der Waals surface area (Å²) in [7, 11) is 0. The van der Waals surface area contributed by atoms with E-state index in [0.29, 0.717) is 29.5 Å². The standard InChI is InChI=1S/C20H24BrNO3/c1-13(2)12-24-17-8-6-16(7-9-17)22-20(23)18-11-15(21)5-10-19(18)25-14(3)4/h5-11,13-14H,12H2,1-4H3,(H,22,23). The molecule has 0 saturated carbocycles. The Morgan fingerprint density at radius 2 is 1.76 bits per heavy atom. The zero-order valence-electron chi connectivity index (χ0n) is 15.0. The van der Waals surface area contributed by atoms with Crippen molar-refractivity contribution in [1.29, 1.82) is 0 Å². The minimum atomic E-state index is -0.215. The van der Waals surface area contributed by atoms with Crippen LogP contribution in [-0.2, 0) is 0 Å². The van der Waals surface area contributed by atoms with Crippen LogP contribution in [0.2, 0.25) is 0 Å². The molecule has 4 nitrogen and oxygen atoms in total. The molecule has 1 amide bonds. The topological polar surface area (TPSA) is 47.6 Å². The van der Waals surface area contributed by atoms with Gasteiger partial charge in [0.2, 0.25) is 0 Å². The van der Waals surface area contributed by atoms with E-state index in [9.17, 15) is 4.79 Å². The summed E-state index contributed by atoms with van der Waals surface area (Å²) >= 11 is 3.40. The summed E-state index contributed by atoms with van der Waals surface area (Å²) in [5.74, 6) is 1.61. The highest BCUT2D eigenvalue weighted by Gasteiger charge is 2.15. The molecule has 25 heavy (non-hydrogen) atoms. The van der Waals surface area contributed by atoms with Gasteiger partial charge in [0, 0.05) is 10.2 Å². The second-order valence-corrected chi connectivity index (χ2v) is 7.41. The van der Waals surface area contributed by atoms with Crippen molar-refractivity contribution in [2.45, 2.75) is 33.8 Å². The molecule has 0 saturated heterocycles. The highest BCUT2D eigenvalue weighted by molar-refractivity contribution is 9.10. The summed E-state index contributed by atoms with van der Waals surface area (Å²) in [5, 5.41) is 2.90. The van der Waals surface area contributed by atoms with Gasteiger partial charge in [-0.25, -0.2) is 0 Å². The predicted molar refractivity (Wildman–Crippen MR) is 105 cm³/mol. The molecule has 2 aromatic rings. The second-order valence-electron chi connectivity index (χ2n) is 6.49. The van der Waals surface area contributed by atoms with Gasteiger partial charge in [0.05, 0.1) is 18.3 Å². The maximum Gasteiger partial charge on any atom is 0.259 e. The minimum Gasteiger partial charge on any atom is -0.493 e. The molecule has 2 aromatic carbocycles. The van der Waals surface area contributed by atoms with Crippen LogP contribution >= 0.6 is 15.9 Å². The number of halogens is 1. The van der Waals surface area contributed by atoms with Gasteiger partial charge in [0.25, 0.3) is 5.91 Å². The number of rotatable bonds is 7. The fraction of sp³-hybridized carbons (Fsp3) is 0.350. The van der Waals surface area contributed by atoms with Gasteiger partial charge in [-0.2, -0.15) is 0 Å². The van der Waals surface area contributed by atoms with Crippen molar-refractivity contribution in [3.05, 3.63) is 52.5 Å². The fourth-order valence-corrected chi connectivity index (χ4v) is 2.49. The summed E-state index contributed by atoms with van der Waals surface area (Å²) in [5.41, 5.74) is 1.19. The van der Waals surface area contributed by atoms with Gasteiger partial charge in [-0.1, -0.05) is 29.8 Å². The zero-order chi connectivity index (χ0) is 18.4. The normalized spacial score (nSPS) is 10.8. The molecule has 0 atom stereocenters. The second kappa shape index (κ2) is 8.90. The molecule has 0 unspecified atom stereocenters. The number of hydrogen-bond donors (Lipinski definition) is 1. The quantitative estimate of drug-likeness (QED) is 0.658. The molecule has 5 heteroatoms. The number of hydrogen-bond acceptors (Lipinski definition) is 3. The van der Waals surface area contributed by atoms with E-state index in [1.165, 1.54) is 0 Å². The molecule has 0 aliphatic rings. The van der Waals surface area contributed by atoms with Crippen LogP contribution in [0.5, 0.6) is 11.5 Å². The fourth-order valence-electron chi connectivity index (χ4n) is 2.13. The Morgan fingerprint density at radius 3 is 2.36 bits per heavy atom. The minimum absolute atomic E-state index is 0.00915. The molecule has 0 aliphatic heterocycles. The maximum atomic E-state index is 12.6. The Balaban J connectivity index is 2.10. The van der Waals surface area contributed by atoms with Crippen LogP contribution in [0.3, 0.4) is 0 Å². The van der Waals surface area contributed by atoms with E-state index >= 15 is 0 Å². The summed E-state index contributed by atoms with van der Waals surface area (Å²) in [4.78, 5) is 12.6. The number of carbonyl (C=O) groups is 1. The Morgan fingerprint density at radius 1 is 1.08 bits per heavy atom. The maximum absolute atomic E-state index is 12.6. The molecule has 0 bridgehead atoms. The van der Waals surface area contributed by atoms with Crippen molar-refractivity contribution in [3.8, 4) is 11.5 Å². The van der Waals surface area contributed by atoms with Crippen LogP contribution in [0.25, 0.3) is 0 Å². The third-order valence-electron chi connectivity index (χ3n) is 3.24. The number of amides is 1. The number of ether oxygens (including phenoxy) is 2. The van der Waals surface area contributed by atoms with E-state index in [0.717, 1.165) is 10.2 Å². The highest BCUT2D eigenvalue weighted by Crippen LogP contribution is 2.26.